The van der Waals surface area contributed by atoms with Crippen LogP contribution < -0.4 is 10.9 Å². The molecule has 13 heavy (non-hydrogen) atoms. The van der Waals surface area contributed by atoms with Crippen LogP contribution >= 0.6 is 0 Å². The minimum absolute atomic E-state index is 0.375. The van der Waals surface area contributed by atoms with Gasteiger partial charge in [-0.05, 0) is 19.8 Å². The van der Waals surface area contributed by atoms with E-state index >= 15 is 0 Å². The molecule has 1 heterocycles. The Morgan fingerprint density at radius 3 is 3.08 bits per heavy atom. The molecule has 0 aromatic rings. The van der Waals surface area contributed by atoms with Gasteiger partial charge in [-0.15, -0.1) is 0 Å². The van der Waals surface area contributed by atoms with Crippen LogP contribution in [0, 0.1) is 0 Å². The minimum Gasteiger partial charge on any atom is -0.449 e. The second-order valence-corrected chi connectivity index (χ2v) is 2.76. The third-order valence-electron chi connectivity index (χ3n) is 1.71. The first kappa shape index (κ1) is 9.83. The summed E-state index contributed by atoms with van der Waals surface area (Å²) in [6, 6.07) is 0. The molecule has 1 aliphatic rings. The monoisotopic (exact) mass is 185 g/mol. The molecule has 0 saturated carbocycles. The van der Waals surface area contributed by atoms with Gasteiger partial charge >= 0.3 is 6.09 Å². The van der Waals surface area contributed by atoms with Crippen LogP contribution in [0.25, 0.3) is 0 Å². The van der Waals surface area contributed by atoms with Crippen LogP contribution in [0.4, 0.5) is 4.79 Å². The molecule has 74 valence electrons. The Morgan fingerprint density at radius 1 is 1.62 bits per heavy atom. The van der Waals surface area contributed by atoms with Gasteiger partial charge in [0, 0.05) is 13.0 Å². The summed E-state index contributed by atoms with van der Waals surface area (Å²) in [5.41, 5.74) is 5.14. The van der Waals surface area contributed by atoms with Crippen molar-refractivity contribution in [1.29, 1.82) is 0 Å². The minimum atomic E-state index is -0.462. The predicted octanol–water partition coefficient (Wildman–Crippen LogP) is 0.819. The fraction of sp³-hybridized carbons (Fsp3) is 0.750. The molecule has 0 radical (unpaired) electrons. The molecule has 1 amide bonds. The zero-order valence-electron chi connectivity index (χ0n) is 7.80. The number of ether oxygens (including phenoxy) is 1. The number of carbonyl (C=O) groups excluding carboxylic acids is 1. The summed E-state index contributed by atoms with van der Waals surface area (Å²) in [5.74, 6) is 0.833. The topological polar surface area (TPSA) is 62.7 Å². The van der Waals surface area contributed by atoms with Gasteiger partial charge in [-0.25, -0.2) is 10.2 Å². The lowest BCUT2D eigenvalue weighted by molar-refractivity contribution is 0.150. The third-order valence-corrected chi connectivity index (χ3v) is 1.71. The molecule has 0 aliphatic carbocycles. The second-order valence-electron chi connectivity index (χ2n) is 2.76. The van der Waals surface area contributed by atoms with Crippen molar-refractivity contribution < 1.29 is 9.53 Å². The lowest BCUT2D eigenvalue weighted by Gasteiger charge is -2.13. The fourth-order valence-corrected chi connectivity index (χ4v) is 1.09. The van der Waals surface area contributed by atoms with Crippen LogP contribution in [0.3, 0.4) is 0 Å². The highest BCUT2D eigenvalue weighted by atomic mass is 16.5. The summed E-state index contributed by atoms with van der Waals surface area (Å²) in [6.07, 6.45) is 2.68. The highest BCUT2D eigenvalue weighted by Gasteiger charge is 2.05. The van der Waals surface area contributed by atoms with Gasteiger partial charge in [-0.1, -0.05) is 0 Å². The smallest absolute Gasteiger partial charge is 0.425 e. The van der Waals surface area contributed by atoms with E-state index in [0.29, 0.717) is 6.61 Å². The van der Waals surface area contributed by atoms with Gasteiger partial charge in [0.15, 0.2) is 0 Å². The summed E-state index contributed by atoms with van der Waals surface area (Å²) in [4.78, 5) is 15.0. The molecule has 0 unspecified atom stereocenters. The molecular weight excluding hydrogens is 170 g/mol. The highest BCUT2D eigenvalue weighted by molar-refractivity contribution is 5.84. The molecule has 0 atom stereocenters. The standard InChI is InChI=1S/C8H15N3O2/c1-2-13-8(12)11-10-7-5-3-4-6-9-7/h2-6H2,1H3,(H,9,10)(H,11,12). The molecule has 1 rings (SSSR count). The van der Waals surface area contributed by atoms with Gasteiger partial charge in [-0.3, -0.25) is 10.4 Å². The predicted molar refractivity (Wildman–Crippen MR) is 49.4 cm³/mol. The molecule has 2 N–H and O–H groups in total. The van der Waals surface area contributed by atoms with Gasteiger partial charge in [0.05, 0.1) is 6.61 Å². The second kappa shape index (κ2) is 5.40. The zero-order chi connectivity index (χ0) is 9.52. The van der Waals surface area contributed by atoms with E-state index in [1.165, 1.54) is 0 Å². The number of nitrogens with zero attached hydrogens (tertiary/aromatic N) is 1. The van der Waals surface area contributed by atoms with Crippen molar-refractivity contribution in [3.63, 3.8) is 0 Å². The summed E-state index contributed by atoms with van der Waals surface area (Å²) >= 11 is 0. The number of hydrogen-bond acceptors (Lipinski definition) is 4. The Kier molecular flexibility index (Phi) is 4.08. The van der Waals surface area contributed by atoms with Crippen molar-refractivity contribution in [2.24, 2.45) is 4.99 Å². The van der Waals surface area contributed by atoms with E-state index in [1.807, 2.05) is 0 Å². The lowest BCUT2D eigenvalue weighted by atomic mass is 10.2. The number of nitrogens with one attached hydrogen (secondary N) is 2. The number of amidine groups is 1. The number of amides is 1. The fourth-order valence-electron chi connectivity index (χ4n) is 1.09. The number of rotatable bonds is 1. The Bertz CT molecular complexity index is 204. The molecule has 0 spiro atoms. The SMILES string of the molecule is CCOC(=O)NNC1=NCCCC1. The van der Waals surface area contributed by atoms with E-state index in [4.69, 9.17) is 0 Å². The Hall–Kier alpha value is -1.26. The third kappa shape index (κ3) is 3.78. The Labute approximate surface area is 77.5 Å². The maximum absolute atomic E-state index is 10.8. The van der Waals surface area contributed by atoms with E-state index in [2.05, 4.69) is 20.6 Å². The van der Waals surface area contributed by atoms with Crippen LogP contribution in [0.15, 0.2) is 4.99 Å². The molecule has 0 aromatic carbocycles. The zero-order valence-corrected chi connectivity index (χ0v) is 7.80. The van der Waals surface area contributed by atoms with Gasteiger partial charge in [0.2, 0.25) is 0 Å². The molecule has 0 fully saturated rings. The molecule has 0 saturated heterocycles. The molecule has 5 heteroatoms. The van der Waals surface area contributed by atoms with Gasteiger partial charge < -0.3 is 4.74 Å². The molecular formula is C8H15N3O2. The largest absolute Gasteiger partial charge is 0.449 e. The van der Waals surface area contributed by atoms with Crippen LogP contribution in [0.2, 0.25) is 0 Å². The average Bonchev–Trinajstić information content (AvgIpc) is 2.17. The maximum Gasteiger partial charge on any atom is 0.425 e. The normalized spacial score (nSPS) is 15.9. The molecule has 5 nitrogen and oxygen atoms in total. The first-order valence-corrected chi connectivity index (χ1v) is 4.55. The molecule has 0 bridgehead atoms. The maximum atomic E-state index is 10.8. The van der Waals surface area contributed by atoms with Gasteiger partial charge in [-0.2, -0.15) is 0 Å². The van der Waals surface area contributed by atoms with E-state index in [0.717, 1.165) is 31.6 Å². The van der Waals surface area contributed by atoms with Crippen LogP contribution in [0.5, 0.6) is 0 Å². The number of hydrogen-bond donors (Lipinski definition) is 2. The van der Waals surface area contributed by atoms with Crippen molar-refractivity contribution in [1.82, 2.24) is 10.9 Å². The van der Waals surface area contributed by atoms with E-state index < -0.39 is 6.09 Å². The van der Waals surface area contributed by atoms with Gasteiger partial charge in [0.25, 0.3) is 0 Å². The average molecular weight is 185 g/mol. The summed E-state index contributed by atoms with van der Waals surface area (Å²) < 4.78 is 4.67. The number of carbonyl (C=O) groups is 1. The Balaban J connectivity index is 2.17. The van der Waals surface area contributed by atoms with Crippen molar-refractivity contribution in [3.8, 4) is 0 Å². The number of hydrazine groups is 1. The van der Waals surface area contributed by atoms with Crippen molar-refractivity contribution in [2.45, 2.75) is 26.2 Å². The quantitative estimate of drug-likeness (QED) is 0.594. The molecule has 0 aromatic heterocycles. The first-order chi connectivity index (χ1) is 6.33. The number of aliphatic imine (C=N–C) groups is 1. The van der Waals surface area contributed by atoms with Crippen molar-refractivity contribution in [2.75, 3.05) is 13.2 Å². The van der Waals surface area contributed by atoms with Crippen molar-refractivity contribution >= 4 is 11.9 Å². The first-order valence-electron chi connectivity index (χ1n) is 4.55. The van der Waals surface area contributed by atoms with Gasteiger partial charge in [0.1, 0.15) is 5.84 Å². The van der Waals surface area contributed by atoms with Crippen molar-refractivity contribution in [3.05, 3.63) is 0 Å². The van der Waals surface area contributed by atoms with E-state index in [9.17, 15) is 4.79 Å². The summed E-state index contributed by atoms with van der Waals surface area (Å²) in [7, 11) is 0. The molecule has 1 aliphatic heterocycles. The van der Waals surface area contributed by atoms with E-state index in [-0.39, 0.29) is 0 Å². The van der Waals surface area contributed by atoms with Crippen LogP contribution in [0.1, 0.15) is 26.2 Å². The van der Waals surface area contributed by atoms with E-state index in [1.54, 1.807) is 6.92 Å². The lowest BCUT2D eigenvalue weighted by Crippen LogP contribution is -2.42. The van der Waals surface area contributed by atoms with Crippen LogP contribution in [-0.4, -0.2) is 25.1 Å². The highest BCUT2D eigenvalue weighted by Crippen LogP contribution is 2.02. The summed E-state index contributed by atoms with van der Waals surface area (Å²) in [6.45, 7) is 2.98. The van der Waals surface area contributed by atoms with Crippen LogP contribution in [-0.2, 0) is 4.74 Å². The summed E-state index contributed by atoms with van der Waals surface area (Å²) in [5, 5.41) is 0. The Morgan fingerprint density at radius 2 is 2.46 bits per heavy atom.